The van der Waals surface area contributed by atoms with Crippen LogP contribution in [0.1, 0.15) is 55.8 Å². The van der Waals surface area contributed by atoms with Gasteiger partial charge in [0, 0.05) is 5.56 Å². The standard InChI is InChI=1S/C17H25NO3/c1-2-3-12-21-14-10-8-13(9-11-14)17(20)18-15-6-4-5-7-16(15)19/h8-11,15-16,19H,2-7,12H2,1H3,(H,18,20)/t15-,16-/m0/s1. The second-order valence-electron chi connectivity index (χ2n) is 5.66. The first-order chi connectivity index (χ1) is 10.2. The topological polar surface area (TPSA) is 58.6 Å². The van der Waals surface area contributed by atoms with Gasteiger partial charge < -0.3 is 15.2 Å². The number of unbranched alkanes of at least 4 members (excludes halogenated alkanes) is 1. The SMILES string of the molecule is CCCCOc1ccc(C(=O)N[C@H]2CCCC[C@@H]2O)cc1. The Morgan fingerprint density at radius 2 is 2.00 bits per heavy atom. The van der Waals surface area contributed by atoms with E-state index in [-0.39, 0.29) is 11.9 Å². The molecular weight excluding hydrogens is 266 g/mol. The summed E-state index contributed by atoms with van der Waals surface area (Å²) < 4.78 is 5.58. The fourth-order valence-electron chi connectivity index (χ4n) is 2.57. The normalized spacial score (nSPS) is 21.8. The molecule has 1 saturated carbocycles. The van der Waals surface area contributed by atoms with Crippen LogP contribution in [0.3, 0.4) is 0 Å². The molecular formula is C17H25NO3. The highest BCUT2D eigenvalue weighted by Gasteiger charge is 2.24. The number of hydrogen-bond acceptors (Lipinski definition) is 3. The van der Waals surface area contributed by atoms with Crippen LogP contribution in [0.4, 0.5) is 0 Å². The van der Waals surface area contributed by atoms with Crippen LogP contribution in [0, 0.1) is 0 Å². The summed E-state index contributed by atoms with van der Waals surface area (Å²) in [6.07, 6.45) is 5.44. The average molecular weight is 291 g/mol. The smallest absolute Gasteiger partial charge is 0.251 e. The molecule has 1 fully saturated rings. The highest BCUT2D eigenvalue weighted by molar-refractivity contribution is 5.94. The zero-order valence-electron chi connectivity index (χ0n) is 12.7. The molecule has 2 N–H and O–H groups in total. The highest BCUT2D eigenvalue weighted by atomic mass is 16.5. The largest absolute Gasteiger partial charge is 0.494 e. The number of ether oxygens (including phenoxy) is 1. The summed E-state index contributed by atoms with van der Waals surface area (Å²) in [6, 6.07) is 7.06. The molecule has 1 aromatic carbocycles. The number of rotatable bonds is 6. The molecule has 0 aliphatic heterocycles. The van der Waals surface area contributed by atoms with Gasteiger partial charge in [0.05, 0.1) is 18.8 Å². The van der Waals surface area contributed by atoms with Gasteiger partial charge in [-0.25, -0.2) is 0 Å². The maximum Gasteiger partial charge on any atom is 0.251 e. The number of nitrogens with one attached hydrogen (secondary N) is 1. The molecule has 21 heavy (non-hydrogen) atoms. The molecule has 0 spiro atoms. The molecule has 0 radical (unpaired) electrons. The van der Waals surface area contributed by atoms with Crippen molar-refractivity contribution in [3.63, 3.8) is 0 Å². The summed E-state index contributed by atoms with van der Waals surface area (Å²) in [4.78, 5) is 12.2. The minimum Gasteiger partial charge on any atom is -0.494 e. The Hall–Kier alpha value is -1.55. The molecule has 2 atom stereocenters. The maximum absolute atomic E-state index is 12.2. The minimum absolute atomic E-state index is 0.119. The molecule has 1 aromatic rings. The van der Waals surface area contributed by atoms with Crippen LogP contribution in [0.2, 0.25) is 0 Å². The highest BCUT2D eigenvalue weighted by Crippen LogP contribution is 2.19. The van der Waals surface area contributed by atoms with Crippen LogP contribution in [-0.2, 0) is 0 Å². The van der Waals surface area contributed by atoms with Gasteiger partial charge in [0.25, 0.3) is 5.91 Å². The van der Waals surface area contributed by atoms with Crippen LogP contribution in [0.5, 0.6) is 5.75 Å². The average Bonchev–Trinajstić information content (AvgIpc) is 2.50. The Morgan fingerprint density at radius 3 is 2.67 bits per heavy atom. The van der Waals surface area contributed by atoms with Crippen molar-refractivity contribution < 1.29 is 14.6 Å². The van der Waals surface area contributed by atoms with E-state index >= 15 is 0 Å². The Bertz CT molecular complexity index is 444. The van der Waals surface area contributed by atoms with Crippen LogP contribution in [0.25, 0.3) is 0 Å². The molecule has 116 valence electrons. The van der Waals surface area contributed by atoms with Gasteiger partial charge in [-0.05, 0) is 43.5 Å². The van der Waals surface area contributed by atoms with Crippen molar-refractivity contribution in [3.8, 4) is 5.75 Å². The maximum atomic E-state index is 12.2. The van der Waals surface area contributed by atoms with Crippen molar-refractivity contribution in [1.82, 2.24) is 5.32 Å². The zero-order valence-corrected chi connectivity index (χ0v) is 12.7. The quantitative estimate of drug-likeness (QED) is 0.792. The molecule has 0 bridgehead atoms. The van der Waals surface area contributed by atoms with E-state index in [2.05, 4.69) is 12.2 Å². The van der Waals surface area contributed by atoms with Crippen molar-refractivity contribution in [2.45, 2.75) is 57.6 Å². The third kappa shape index (κ3) is 4.74. The molecule has 1 amide bonds. The Morgan fingerprint density at radius 1 is 1.29 bits per heavy atom. The van der Waals surface area contributed by atoms with Crippen molar-refractivity contribution in [3.05, 3.63) is 29.8 Å². The number of benzene rings is 1. The molecule has 4 heteroatoms. The van der Waals surface area contributed by atoms with E-state index in [0.29, 0.717) is 12.2 Å². The number of aliphatic hydroxyl groups is 1. The first-order valence-electron chi connectivity index (χ1n) is 7.92. The van der Waals surface area contributed by atoms with E-state index in [1.54, 1.807) is 12.1 Å². The van der Waals surface area contributed by atoms with Gasteiger partial charge in [0.2, 0.25) is 0 Å². The third-order valence-electron chi connectivity index (χ3n) is 3.93. The molecule has 0 saturated heterocycles. The second kappa shape index (κ2) is 8.03. The summed E-state index contributed by atoms with van der Waals surface area (Å²) in [5.41, 5.74) is 0.607. The van der Waals surface area contributed by atoms with Crippen LogP contribution < -0.4 is 10.1 Å². The lowest BCUT2D eigenvalue weighted by Crippen LogP contribution is -2.45. The van der Waals surface area contributed by atoms with Gasteiger partial charge in [0.1, 0.15) is 5.75 Å². The van der Waals surface area contributed by atoms with Crippen LogP contribution >= 0.6 is 0 Å². The first kappa shape index (κ1) is 15.8. The molecule has 1 aliphatic carbocycles. The van der Waals surface area contributed by atoms with Gasteiger partial charge in [-0.3, -0.25) is 4.79 Å². The van der Waals surface area contributed by atoms with Crippen LogP contribution in [-0.4, -0.2) is 29.8 Å². The van der Waals surface area contributed by atoms with Gasteiger partial charge in [-0.15, -0.1) is 0 Å². The van der Waals surface area contributed by atoms with E-state index < -0.39 is 6.10 Å². The second-order valence-corrected chi connectivity index (χ2v) is 5.66. The Kier molecular flexibility index (Phi) is 6.05. The third-order valence-corrected chi connectivity index (χ3v) is 3.93. The van der Waals surface area contributed by atoms with Crippen molar-refractivity contribution in [2.75, 3.05) is 6.61 Å². The molecule has 0 unspecified atom stereocenters. The van der Waals surface area contributed by atoms with E-state index in [1.165, 1.54) is 0 Å². The molecule has 1 aliphatic rings. The number of aliphatic hydroxyl groups excluding tert-OH is 1. The van der Waals surface area contributed by atoms with E-state index in [0.717, 1.165) is 44.3 Å². The first-order valence-corrected chi connectivity index (χ1v) is 7.92. The Labute approximate surface area is 126 Å². The lowest BCUT2D eigenvalue weighted by molar-refractivity contribution is 0.0717. The number of carbonyl (C=O) groups excluding carboxylic acids is 1. The fourth-order valence-corrected chi connectivity index (χ4v) is 2.57. The zero-order chi connectivity index (χ0) is 15.1. The van der Waals surface area contributed by atoms with E-state index in [1.807, 2.05) is 12.1 Å². The summed E-state index contributed by atoms with van der Waals surface area (Å²) in [5.74, 6) is 0.666. The van der Waals surface area contributed by atoms with E-state index in [4.69, 9.17) is 4.74 Å². The summed E-state index contributed by atoms with van der Waals surface area (Å²) in [7, 11) is 0. The monoisotopic (exact) mass is 291 g/mol. The number of amides is 1. The molecule has 0 heterocycles. The van der Waals surface area contributed by atoms with Crippen molar-refractivity contribution in [1.29, 1.82) is 0 Å². The van der Waals surface area contributed by atoms with Gasteiger partial charge in [0.15, 0.2) is 0 Å². The van der Waals surface area contributed by atoms with E-state index in [9.17, 15) is 9.90 Å². The molecule has 0 aromatic heterocycles. The minimum atomic E-state index is -0.417. The summed E-state index contributed by atoms with van der Waals surface area (Å²) in [6.45, 7) is 2.83. The summed E-state index contributed by atoms with van der Waals surface area (Å²) in [5, 5.41) is 12.8. The van der Waals surface area contributed by atoms with Gasteiger partial charge in [-0.2, -0.15) is 0 Å². The lowest BCUT2D eigenvalue weighted by Gasteiger charge is -2.28. The van der Waals surface area contributed by atoms with Gasteiger partial charge >= 0.3 is 0 Å². The predicted octanol–water partition coefficient (Wildman–Crippen LogP) is 2.90. The Balaban J connectivity index is 1.87. The molecule has 2 rings (SSSR count). The fraction of sp³-hybridized carbons (Fsp3) is 0.588. The number of carbonyl (C=O) groups is 1. The molecule has 4 nitrogen and oxygen atoms in total. The summed E-state index contributed by atoms with van der Waals surface area (Å²) >= 11 is 0. The predicted molar refractivity (Wildman–Crippen MR) is 82.6 cm³/mol. The van der Waals surface area contributed by atoms with Gasteiger partial charge in [-0.1, -0.05) is 26.2 Å². The van der Waals surface area contributed by atoms with Crippen molar-refractivity contribution in [2.24, 2.45) is 0 Å². The van der Waals surface area contributed by atoms with Crippen LogP contribution in [0.15, 0.2) is 24.3 Å². The lowest BCUT2D eigenvalue weighted by atomic mass is 9.92. The number of hydrogen-bond donors (Lipinski definition) is 2. The van der Waals surface area contributed by atoms with Crippen molar-refractivity contribution >= 4 is 5.91 Å².